The van der Waals surface area contributed by atoms with E-state index >= 15 is 0 Å². The molecule has 1 atom stereocenters. The number of amides is 2. The average molecular weight is 300 g/mol. The first kappa shape index (κ1) is 15.7. The molecule has 2 aromatic rings. The molecule has 0 aromatic heterocycles. The van der Waals surface area contributed by atoms with Crippen molar-refractivity contribution >= 4 is 6.03 Å². The topological polar surface area (TPSA) is 59.6 Å². The van der Waals surface area contributed by atoms with Gasteiger partial charge in [0.2, 0.25) is 0 Å². The predicted molar refractivity (Wildman–Crippen MR) is 85.0 cm³/mol. The number of carbonyl (C=O) groups is 1. The highest BCUT2D eigenvalue weighted by atomic mass is 16.5. The van der Waals surface area contributed by atoms with E-state index in [1.165, 1.54) is 0 Å². The molecule has 0 heterocycles. The molecule has 22 heavy (non-hydrogen) atoms. The molecule has 5 heteroatoms. The first-order valence-corrected chi connectivity index (χ1v) is 7.06. The zero-order valence-electron chi connectivity index (χ0n) is 12.7. The van der Waals surface area contributed by atoms with Gasteiger partial charge in [-0.2, -0.15) is 0 Å². The van der Waals surface area contributed by atoms with E-state index in [4.69, 9.17) is 9.47 Å². The van der Waals surface area contributed by atoms with Gasteiger partial charge < -0.3 is 20.1 Å². The summed E-state index contributed by atoms with van der Waals surface area (Å²) in [6.45, 7) is 1.99. The molecular formula is C17H20N2O3. The van der Waals surface area contributed by atoms with Crippen molar-refractivity contribution in [2.75, 3.05) is 13.8 Å². The van der Waals surface area contributed by atoms with Gasteiger partial charge in [-0.1, -0.05) is 42.5 Å². The van der Waals surface area contributed by atoms with Crippen LogP contribution in [0.3, 0.4) is 0 Å². The van der Waals surface area contributed by atoms with Gasteiger partial charge in [-0.05, 0) is 24.6 Å². The lowest BCUT2D eigenvalue weighted by molar-refractivity contribution is 0.219. The standard InChI is InChI=1S/C17H20N2O3/c1-13(14-8-4-3-5-9-14)19-17(20)18-12-22-16-11-7-6-10-15(16)21-2/h3-11,13H,12H2,1-2H3,(H2,18,19,20). The fourth-order valence-corrected chi connectivity index (χ4v) is 1.99. The Morgan fingerprint density at radius 2 is 1.68 bits per heavy atom. The predicted octanol–water partition coefficient (Wildman–Crippen LogP) is 3.09. The number of nitrogens with one attached hydrogen (secondary N) is 2. The van der Waals surface area contributed by atoms with Gasteiger partial charge in [-0.3, -0.25) is 0 Å². The summed E-state index contributed by atoms with van der Waals surface area (Å²) >= 11 is 0. The van der Waals surface area contributed by atoms with Crippen LogP contribution in [0.15, 0.2) is 54.6 Å². The summed E-state index contributed by atoms with van der Waals surface area (Å²) in [5.41, 5.74) is 1.04. The Kier molecular flexibility index (Phi) is 5.65. The number of ether oxygens (including phenoxy) is 2. The largest absolute Gasteiger partial charge is 0.493 e. The Labute approximate surface area is 130 Å². The first-order valence-electron chi connectivity index (χ1n) is 7.06. The van der Waals surface area contributed by atoms with Gasteiger partial charge in [0, 0.05) is 0 Å². The lowest BCUT2D eigenvalue weighted by Gasteiger charge is -2.16. The van der Waals surface area contributed by atoms with Gasteiger partial charge in [0.1, 0.15) is 0 Å². The Morgan fingerprint density at radius 3 is 2.36 bits per heavy atom. The van der Waals surface area contributed by atoms with Crippen molar-refractivity contribution < 1.29 is 14.3 Å². The number of para-hydroxylation sites is 2. The van der Waals surface area contributed by atoms with E-state index in [-0.39, 0.29) is 18.8 Å². The molecule has 2 aromatic carbocycles. The van der Waals surface area contributed by atoms with Gasteiger partial charge >= 0.3 is 6.03 Å². The molecule has 0 aliphatic rings. The third-order valence-electron chi connectivity index (χ3n) is 3.18. The van der Waals surface area contributed by atoms with E-state index < -0.39 is 0 Å². The molecule has 116 valence electrons. The Hall–Kier alpha value is -2.69. The quantitative estimate of drug-likeness (QED) is 0.806. The second-order valence-electron chi connectivity index (χ2n) is 4.72. The third-order valence-corrected chi connectivity index (χ3v) is 3.18. The number of rotatable bonds is 6. The zero-order chi connectivity index (χ0) is 15.8. The maximum atomic E-state index is 11.8. The van der Waals surface area contributed by atoms with Gasteiger partial charge in [-0.25, -0.2) is 4.79 Å². The summed E-state index contributed by atoms with van der Waals surface area (Å²) in [6, 6.07) is 16.7. The summed E-state index contributed by atoms with van der Waals surface area (Å²) in [5.74, 6) is 1.21. The summed E-state index contributed by atoms with van der Waals surface area (Å²) < 4.78 is 10.7. The molecule has 0 saturated carbocycles. The van der Waals surface area contributed by atoms with Crippen molar-refractivity contribution in [3.05, 3.63) is 60.2 Å². The smallest absolute Gasteiger partial charge is 0.317 e. The van der Waals surface area contributed by atoms with E-state index in [1.807, 2.05) is 49.4 Å². The number of hydrogen-bond donors (Lipinski definition) is 2. The Balaban J connectivity index is 1.78. The Bertz CT molecular complexity index is 602. The molecule has 0 fully saturated rings. The van der Waals surface area contributed by atoms with E-state index in [1.54, 1.807) is 19.2 Å². The molecule has 5 nitrogen and oxygen atoms in total. The normalized spacial score (nSPS) is 11.4. The highest BCUT2D eigenvalue weighted by Gasteiger charge is 2.09. The maximum absolute atomic E-state index is 11.8. The SMILES string of the molecule is COc1ccccc1OCNC(=O)NC(C)c1ccccc1. The highest BCUT2D eigenvalue weighted by molar-refractivity contribution is 5.74. The van der Waals surface area contributed by atoms with Crippen LogP contribution in [0.2, 0.25) is 0 Å². The molecule has 1 unspecified atom stereocenters. The van der Waals surface area contributed by atoms with Crippen molar-refractivity contribution in [3.63, 3.8) is 0 Å². The number of methoxy groups -OCH3 is 1. The van der Waals surface area contributed by atoms with Crippen LogP contribution in [-0.4, -0.2) is 19.9 Å². The minimum Gasteiger partial charge on any atom is -0.493 e. The second-order valence-corrected chi connectivity index (χ2v) is 4.72. The molecule has 2 amide bonds. The van der Waals surface area contributed by atoms with Crippen LogP contribution in [0.25, 0.3) is 0 Å². The van der Waals surface area contributed by atoms with Crippen LogP contribution in [0.5, 0.6) is 11.5 Å². The van der Waals surface area contributed by atoms with E-state index in [9.17, 15) is 4.79 Å². The van der Waals surface area contributed by atoms with Crippen LogP contribution in [0.4, 0.5) is 4.79 Å². The molecule has 0 aliphatic heterocycles. The summed E-state index contributed by atoms with van der Waals surface area (Å²) in [5, 5.41) is 5.51. The molecule has 2 N–H and O–H groups in total. The number of hydrogen-bond acceptors (Lipinski definition) is 3. The monoisotopic (exact) mass is 300 g/mol. The third kappa shape index (κ3) is 4.41. The van der Waals surface area contributed by atoms with Crippen LogP contribution in [0, 0.1) is 0 Å². The van der Waals surface area contributed by atoms with Crippen molar-refractivity contribution in [3.8, 4) is 11.5 Å². The maximum Gasteiger partial charge on any atom is 0.317 e. The molecule has 0 aliphatic carbocycles. The van der Waals surface area contributed by atoms with Gasteiger partial charge in [-0.15, -0.1) is 0 Å². The van der Waals surface area contributed by atoms with Crippen LogP contribution >= 0.6 is 0 Å². The average Bonchev–Trinajstić information content (AvgIpc) is 2.56. The fraction of sp³-hybridized carbons (Fsp3) is 0.235. The molecule has 0 radical (unpaired) electrons. The van der Waals surface area contributed by atoms with Crippen molar-refractivity contribution in [1.82, 2.24) is 10.6 Å². The number of carbonyl (C=O) groups excluding carboxylic acids is 1. The minimum absolute atomic E-state index is 0.0632. The zero-order valence-corrected chi connectivity index (χ0v) is 12.7. The summed E-state index contributed by atoms with van der Waals surface area (Å²) in [7, 11) is 1.57. The summed E-state index contributed by atoms with van der Waals surface area (Å²) in [6.07, 6.45) is 0. The highest BCUT2D eigenvalue weighted by Crippen LogP contribution is 2.25. The van der Waals surface area contributed by atoms with E-state index in [0.717, 1.165) is 5.56 Å². The molecule has 0 bridgehead atoms. The fourth-order valence-electron chi connectivity index (χ4n) is 1.99. The molecule has 0 saturated heterocycles. The van der Waals surface area contributed by atoms with Gasteiger partial charge in [0.15, 0.2) is 18.2 Å². The summed E-state index contributed by atoms with van der Waals surface area (Å²) in [4.78, 5) is 11.8. The van der Waals surface area contributed by atoms with Crippen molar-refractivity contribution in [2.45, 2.75) is 13.0 Å². The number of urea groups is 1. The number of benzene rings is 2. The van der Waals surface area contributed by atoms with E-state index in [0.29, 0.717) is 11.5 Å². The lowest BCUT2D eigenvalue weighted by atomic mass is 10.1. The lowest BCUT2D eigenvalue weighted by Crippen LogP contribution is -2.38. The van der Waals surface area contributed by atoms with Crippen molar-refractivity contribution in [2.24, 2.45) is 0 Å². The van der Waals surface area contributed by atoms with Crippen molar-refractivity contribution in [1.29, 1.82) is 0 Å². The van der Waals surface area contributed by atoms with Crippen LogP contribution in [-0.2, 0) is 0 Å². The second kappa shape index (κ2) is 7.93. The minimum atomic E-state index is -0.286. The van der Waals surface area contributed by atoms with E-state index in [2.05, 4.69) is 10.6 Å². The Morgan fingerprint density at radius 1 is 1.05 bits per heavy atom. The van der Waals surface area contributed by atoms with Gasteiger partial charge in [0.25, 0.3) is 0 Å². The molecule has 2 rings (SSSR count). The first-order chi connectivity index (χ1) is 10.7. The van der Waals surface area contributed by atoms with Crippen LogP contribution < -0.4 is 20.1 Å². The molecular weight excluding hydrogens is 280 g/mol. The molecule has 0 spiro atoms. The van der Waals surface area contributed by atoms with Crippen LogP contribution in [0.1, 0.15) is 18.5 Å². The van der Waals surface area contributed by atoms with Gasteiger partial charge in [0.05, 0.1) is 13.2 Å².